The summed E-state index contributed by atoms with van der Waals surface area (Å²) >= 11 is 0. The minimum absolute atomic E-state index is 0.207. The fourth-order valence-electron chi connectivity index (χ4n) is 3.84. The highest BCUT2D eigenvalue weighted by atomic mass is 16.5. The molecule has 3 rings (SSSR count). The van der Waals surface area contributed by atoms with E-state index >= 15 is 0 Å². The second-order valence-electron chi connectivity index (χ2n) is 7.39. The Balaban J connectivity index is 1.71. The maximum atomic E-state index is 13.3. The standard InChI is InChI=1S/C24H32N2O3/c1-3-29-23-7-5-4-6-20(23)18-26(21-14-16-25-17-15-21)24(27)13-10-19-8-11-22(28-2)12-9-19/h4-9,11-12,21,25H,3,10,13-18H2,1-2H3. The molecule has 2 aromatic carbocycles. The van der Waals surface area contributed by atoms with E-state index in [4.69, 9.17) is 9.47 Å². The first kappa shape index (κ1) is 21.2. The van der Waals surface area contributed by atoms with Gasteiger partial charge in [-0.15, -0.1) is 0 Å². The number of para-hydroxylation sites is 1. The molecule has 0 aliphatic carbocycles. The minimum atomic E-state index is 0.207. The van der Waals surface area contributed by atoms with Crippen LogP contribution in [0.4, 0.5) is 0 Å². The molecular weight excluding hydrogens is 364 g/mol. The van der Waals surface area contributed by atoms with Crippen LogP contribution in [0.1, 0.15) is 37.3 Å². The first-order chi connectivity index (χ1) is 14.2. The lowest BCUT2D eigenvalue weighted by Gasteiger charge is -2.35. The smallest absolute Gasteiger partial charge is 0.223 e. The van der Waals surface area contributed by atoms with Crippen LogP contribution in [0.25, 0.3) is 0 Å². The van der Waals surface area contributed by atoms with Gasteiger partial charge in [0.2, 0.25) is 5.91 Å². The number of benzene rings is 2. The van der Waals surface area contributed by atoms with E-state index in [2.05, 4.69) is 16.3 Å². The third kappa shape index (κ3) is 5.97. The van der Waals surface area contributed by atoms with Gasteiger partial charge in [0.1, 0.15) is 11.5 Å². The van der Waals surface area contributed by atoms with E-state index in [1.54, 1.807) is 7.11 Å². The summed E-state index contributed by atoms with van der Waals surface area (Å²) in [5.74, 6) is 1.92. The van der Waals surface area contributed by atoms with Gasteiger partial charge in [0.15, 0.2) is 0 Å². The Morgan fingerprint density at radius 3 is 2.52 bits per heavy atom. The zero-order valence-electron chi connectivity index (χ0n) is 17.5. The van der Waals surface area contributed by atoms with Gasteiger partial charge in [0.05, 0.1) is 13.7 Å². The highest BCUT2D eigenvalue weighted by molar-refractivity contribution is 5.77. The van der Waals surface area contributed by atoms with Crippen molar-refractivity contribution in [2.24, 2.45) is 0 Å². The lowest BCUT2D eigenvalue weighted by Crippen LogP contribution is -2.45. The van der Waals surface area contributed by atoms with Gasteiger partial charge in [-0.05, 0) is 63.0 Å². The first-order valence-corrected chi connectivity index (χ1v) is 10.5. The van der Waals surface area contributed by atoms with Gasteiger partial charge < -0.3 is 19.7 Å². The van der Waals surface area contributed by atoms with Crippen LogP contribution in [0.3, 0.4) is 0 Å². The summed E-state index contributed by atoms with van der Waals surface area (Å²) < 4.78 is 11.0. The van der Waals surface area contributed by atoms with Crippen molar-refractivity contribution in [1.29, 1.82) is 0 Å². The molecule has 2 aromatic rings. The van der Waals surface area contributed by atoms with Crippen molar-refractivity contribution in [2.45, 2.75) is 45.2 Å². The number of carbonyl (C=O) groups is 1. The van der Waals surface area contributed by atoms with Gasteiger partial charge in [0.25, 0.3) is 0 Å². The molecule has 0 unspecified atom stereocenters. The topological polar surface area (TPSA) is 50.8 Å². The van der Waals surface area contributed by atoms with Crippen molar-refractivity contribution in [3.05, 3.63) is 59.7 Å². The predicted molar refractivity (Wildman–Crippen MR) is 115 cm³/mol. The molecule has 29 heavy (non-hydrogen) atoms. The Hall–Kier alpha value is -2.53. The van der Waals surface area contributed by atoms with Gasteiger partial charge in [-0.3, -0.25) is 4.79 Å². The molecule has 5 nitrogen and oxygen atoms in total. The summed E-state index contributed by atoms with van der Waals surface area (Å²) in [6, 6.07) is 16.3. The molecule has 156 valence electrons. The Morgan fingerprint density at radius 1 is 1.10 bits per heavy atom. The fourth-order valence-corrected chi connectivity index (χ4v) is 3.84. The second-order valence-corrected chi connectivity index (χ2v) is 7.39. The lowest BCUT2D eigenvalue weighted by molar-refractivity contribution is -0.134. The number of hydrogen-bond acceptors (Lipinski definition) is 4. The van der Waals surface area contributed by atoms with Crippen LogP contribution in [0.2, 0.25) is 0 Å². The molecule has 0 atom stereocenters. The molecule has 1 aliphatic rings. The lowest BCUT2D eigenvalue weighted by atomic mass is 10.0. The number of rotatable bonds is 9. The van der Waals surface area contributed by atoms with E-state index < -0.39 is 0 Å². The number of piperidine rings is 1. The maximum absolute atomic E-state index is 13.3. The third-order valence-corrected chi connectivity index (χ3v) is 5.47. The number of nitrogens with zero attached hydrogens (tertiary/aromatic N) is 1. The molecule has 5 heteroatoms. The Bertz CT molecular complexity index is 770. The van der Waals surface area contributed by atoms with Gasteiger partial charge in [-0.2, -0.15) is 0 Å². The van der Waals surface area contributed by atoms with E-state index in [1.165, 1.54) is 0 Å². The van der Waals surface area contributed by atoms with Crippen LogP contribution in [0, 0.1) is 0 Å². The van der Waals surface area contributed by atoms with Crippen LogP contribution >= 0.6 is 0 Å². The van der Waals surface area contributed by atoms with Crippen molar-refractivity contribution in [3.63, 3.8) is 0 Å². The van der Waals surface area contributed by atoms with E-state index in [-0.39, 0.29) is 11.9 Å². The normalized spacial score (nSPS) is 14.4. The largest absolute Gasteiger partial charge is 0.497 e. The van der Waals surface area contributed by atoms with Crippen molar-refractivity contribution < 1.29 is 14.3 Å². The van der Waals surface area contributed by atoms with Crippen LogP contribution in [0.15, 0.2) is 48.5 Å². The number of nitrogens with one attached hydrogen (secondary N) is 1. The van der Waals surface area contributed by atoms with Gasteiger partial charge in [-0.1, -0.05) is 30.3 Å². The summed E-state index contributed by atoms with van der Waals surface area (Å²) in [5, 5.41) is 3.40. The highest BCUT2D eigenvalue weighted by Crippen LogP contribution is 2.24. The summed E-state index contributed by atoms with van der Waals surface area (Å²) in [5.41, 5.74) is 2.23. The molecule has 0 spiro atoms. The Morgan fingerprint density at radius 2 is 1.83 bits per heavy atom. The van der Waals surface area contributed by atoms with Crippen LogP contribution < -0.4 is 14.8 Å². The van der Waals surface area contributed by atoms with Crippen molar-refractivity contribution in [1.82, 2.24) is 10.2 Å². The molecule has 1 heterocycles. The Kier molecular flexibility index (Phi) is 7.94. The van der Waals surface area contributed by atoms with E-state index in [9.17, 15) is 4.79 Å². The number of carbonyl (C=O) groups excluding carboxylic acids is 1. The fraction of sp³-hybridized carbons (Fsp3) is 0.458. The van der Waals surface area contributed by atoms with Gasteiger partial charge in [-0.25, -0.2) is 0 Å². The van der Waals surface area contributed by atoms with Crippen LogP contribution in [-0.2, 0) is 17.8 Å². The number of hydrogen-bond donors (Lipinski definition) is 1. The second kappa shape index (κ2) is 10.9. The molecule has 1 aliphatic heterocycles. The molecule has 1 fully saturated rings. The zero-order chi connectivity index (χ0) is 20.5. The van der Waals surface area contributed by atoms with Crippen molar-refractivity contribution >= 4 is 5.91 Å². The molecular formula is C24H32N2O3. The van der Waals surface area contributed by atoms with Crippen molar-refractivity contribution in [3.8, 4) is 11.5 Å². The quantitative estimate of drug-likeness (QED) is 0.700. The number of amides is 1. The van der Waals surface area contributed by atoms with E-state index in [0.717, 1.165) is 55.0 Å². The molecule has 0 radical (unpaired) electrons. The molecule has 0 saturated carbocycles. The minimum Gasteiger partial charge on any atom is -0.497 e. The molecule has 1 N–H and O–H groups in total. The maximum Gasteiger partial charge on any atom is 0.223 e. The van der Waals surface area contributed by atoms with E-state index in [0.29, 0.717) is 19.6 Å². The predicted octanol–water partition coefficient (Wildman–Crippen LogP) is 3.81. The molecule has 1 saturated heterocycles. The van der Waals surface area contributed by atoms with Gasteiger partial charge in [0, 0.05) is 24.6 Å². The number of ether oxygens (including phenoxy) is 2. The molecule has 0 aromatic heterocycles. The molecule has 0 bridgehead atoms. The summed E-state index contributed by atoms with van der Waals surface area (Å²) in [4.78, 5) is 15.3. The van der Waals surface area contributed by atoms with Crippen LogP contribution in [0.5, 0.6) is 11.5 Å². The van der Waals surface area contributed by atoms with Crippen molar-refractivity contribution in [2.75, 3.05) is 26.8 Å². The van der Waals surface area contributed by atoms with Gasteiger partial charge >= 0.3 is 0 Å². The third-order valence-electron chi connectivity index (χ3n) is 5.47. The molecule has 1 amide bonds. The van der Waals surface area contributed by atoms with Crippen LogP contribution in [-0.4, -0.2) is 43.7 Å². The summed E-state index contributed by atoms with van der Waals surface area (Å²) in [6.07, 6.45) is 3.22. The SMILES string of the molecule is CCOc1ccccc1CN(C(=O)CCc1ccc(OC)cc1)C1CCNCC1. The zero-order valence-corrected chi connectivity index (χ0v) is 17.5. The average molecular weight is 397 g/mol. The summed E-state index contributed by atoms with van der Waals surface area (Å²) in [7, 11) is 1.66. The average Bonchev–Trinajstić information content (AvgIpc) is 2.78. The summed E-state index contributed by atoms with van der Waals surface area (Å²) in [6.45, 7) is 5.12. The monoisotopic (exact) mass is 396 g/mol. The highest BCUT2D eigenvalue weighted by Gasteiger charge is 2.26. The number of methoxy groups -OCH3 is 1. The Labute approximate surface area is 174 Å². The van der Waals surface area contributed by atoms with E-state index in [1.807, 2.05) is 49.4 Å². The number of aryl methyl sites for hydroxylation is 1. The first-order valence-electron chi connectivity index (χ1n) is 10.5.